The van der Waals surface area contributed by atoms with Crippen LogP contribution in [-0.2, 0) is 6.18 Å². The molecule has 0 unspecified atom stereocenters. The van der Waals surface area contributed by atoms with Gasteiger partial charge in [0, 0.05) is 0 Å². The first-order valence-corrected chi connectivity index (χ1v) is 4.50. The van der Waals surface area contributed by atoms with E-state index in [9.17, 15) is 30.7 Å². The number of thiocarbonyl (C=S) groups is 1. The first kappa shape index (κ1) is 14.2. The molecule has 0 bridgehead atoms. The van der Waals surface area contributed by atoms with Crippen LogP contribution < -0.4 is 0 Å². The molecule has 1 aromatic rings. The van der Waals surface area contributed by atoms with Gasteiger partial charge in [-0.25, -0.2) is 17.6 Å². The molecule has 0 saturated heterocycles. The molecule has 0 atom stereocenters. The lowest BCUT2D eigenvalue weighted by molar-refractivity contribution is -0.143. The number of hydrogen-bond donors (Lipinski definition) is 0. The van der Waals surface area contributed by atoms with Gasteiger partial charge in [-0.2, -0.15) is 13.2 Å². The third-order valence-corrected chi connectivity index (χ3v) is 2.14. The van der Waals surface area contributed by atoms with Crippen molar-refractivity contribution in [2.45, 2.75) is 6.18 Å². The minimum Gasteiger partial charge on any atom is -0.203 e. The van der Waals surface area contributed by atoms with Crippen molar-refractivity contribution >= 4 is 28.1 Å². The highest BCUT2D eigenvalue weighted by atomic mass is 35.5. The number of hydrogen-bond acceptors (Lipinski definition) is 1. The second kappa shape index (κ2) is 4.41. The summed E-state index contributed by atoms with van der Waals surface area (Å²) in [5.41, 5.74) is -4.20. The lowest BCUT2D eigenvalue weighted by Gasteiger charge is -2.12. The van der Waals surface area contributed by atoms with Gasteiger partial charge in [0.2, 0.25) is 0 Å². The number of benzene rings is 1. The molecule has 0 amide bonds. The summed E-state index contributed by atoms with van der Waals surface area (Å²) in [7, 11) is 0. The fraction of sp³-hybridized carbons (Fsp3) is 0.125. The zero-order valence-corrected chi connectivity index (χ0v) is 9.00. The number of rotatable bonds is 1. The van der Waals surface area contributed by atoms with Crippen LogP contribution >= 0.6 is 23.8 Å². The predicted octanol–water partition coefficient (Wildman–Crippen LogP) is 4.18. The van der Waals surface area contributed by atoms with Gasteiger partial charge >= 0.3 is 6.18 Å². The lowest BCUT2D eigenvalue weighted by atomic mass is 10.1. The predicted molar refractivity (Wildman–Crippen MR) is 48.8 cm³/mol. The molecule has 0 aliphatic rings. The SMILES string of the molecule is Fc1c(F)c(C(F)(F)F)c(F)c(F)c1C(=S)Cl. The Morgan fingerprint density at radius 2 is 1.24 bits per heavy atom. The average molecular weight is 297 g/mol. The van der Waals surface area contributed by atoms with Crippen LogP contribution in [0.5, 0.6) is 0 Å². The van der Waals surface area contributed by atoms with Gasteiger partial charge in [-0.1, -0.05) is 23.8 Å². The van der Waals surface area contributed by atoms with Crippen molar-refractivity contribution in [3.05, 3.63) is 34.4 Å². The molecule has 0 radical (unpaired) electrons. The normalized spacial score (nSPS) is 11.8. The Labute approximate surface area is 100.0 Å². The maximum atomic E-state index is 13.0. The van der Waals surface area contributed by atoms with Crippen LogP contribution in [0.3, 0.4) is 0 Å². The Morgan fingerprint density at radius 1 is 0.882 bits per heavy atom. The smallest absolute Gasteiger partial charge is 0.203 e. The summed E-state index contributed by atoms with van der Waals surface area (Å²) in [5, 5.41) is 0. The standard InChI is InChI=1S/C8ClF7S/c9-7(17)1-3(10)5(12)2(8(14,15)16)6(13)4(1)11. The fourth-order valence-electron chi connectivity index (χ4n) is 1.05. The van der Waals surface area contributed by atoms with E-state index in [0.717, 1.165) is 0 Å². The lowest BCUT2D eigenvalue weighted by Crippen LogP contribution is -2.17. The summed E-state index contributed by atoms with van der Waals surface area (Å²) in [6.45, 7) is 0. The molecule has 9 heteroatoms. The molecule has 94 valence electrons. The Morgan fingerprint density at radius 3 is 1.47 bits per heavy atom. The van der Waals surface area contributed by atoms with Gasteiger partial charge in [-0.3, -0.25) is 0 Å². The summed E-state index contributed by atoms with van der Waals surface area (Å²) in [4.78, 5) is 0. The van der Waals surface area contributed by atoms with Gasteiger partial charge in [0.15, 0.2) is 23.3 Å². The molecule has 0 aliphatic heterocycles. The molecular weight excluding hydrogens is 297 g/mol. The van der Waals surface area contributed by atoms with Crippen molar-refractivity contribution in [2.75, 3.05) is 0 Å². The van der Waals surface area contributed by atoms with E-state index in [0.29, 0.717) is 0 Å². The molecule has 0 saturated carbocycles. The number of halogens is 8. The summed E-state index contributed by atoms with van der Waals surface area (Å²) in [6, 6.07) is 0. The second-order valence-electron chi connectivity index (χ2n) is 2.78. The van der Waals surface area contributed by atoms with Crippen LogP contribution in [0.2, 0.25) is 0 Å². The van der Waals surface area contributed by atoms with Gasteiger partial charge in [0.05, 0.1) is 5.56 Å². The molecule has 0 N–H and O–H groups in total. The summed E-state index contributed by atoms with van der Waals surface area (Å²) in [5.74, 6) is -9.74. The van der Waals surface area contributed by atoms with Crippen LogP contribution in [0.15, 0.2) is 0 Å². The topological polar surface area (TPSA) is 0 Å². The maximum Gasteiger partial charge on any atom is 0.422 e. The Kier molecular flexibility index (Phi) is 3.68. The molecule has 0 spiro atoms. The van der Waals surface area contributed by atoms with Crippen molar-refractivity contribution in [1.82, 2.24) is 0 Å². The van der Waals surface area contributed by atoms with Crippen LogP contribution in [0.25, 0.3) is 0 Å². The first-order chi connectivity index (χ1) is 7.59. The van der Waals surface area contributed by atoms with Gasteiger partial charge in [-0.15, -0.1) is 0 Å². The number of alkyl halides is 3. The summed E-state index contributed by atoms with van der Waals surface area (Å²) >= 11 is 9.03. The zero-order chi connectivity index (χ0) is 13.5. The largest absolute Gasteiger partial charge is 0.422 e. The fourth-order valence-corrected chi connectivity index (χ4v) is 1.40. The molecule has 0 aromatic heterocycles. The Hall–Kier alpha value is -0.890. The van der Waals surface area contributed by atoms with E-state index >= 15 is 0 Å². The van der Waals surface area contributed by atoms with Crippen LogP contribution in [0.4, 0.5) is 30.7 Å². The maximum absolute atomic E-state index is 13.0. The Balaban J connectivity index is 3.77. The van der Waals surface area contributed by atoms with Crippen molar-refractivity contribution in [3.8, 4) is 0 Å². The van der Waals surface area contributed by atoms with E-state index in [-0.39, 0.29) is 0 Å². The highest BCUT2D eigenvalue weighted by molar-refractivity contribution is 7.83. The van der Waals surface area contributed by atoms with Crippen molar-refractivity contribution < 1.29 is 30.7 Å². The van der Waals surface area contributed by atoms with Gasteiger partial charge in [0.25, 0.3) is 0 Å². The van der Waals surface area contributed by atoms with Crippen molar-refractivity contribution in [1.29, 1.82) is 0 Å². The molecule has 0 fully saturated rings. The summed E-state index contributed by atoms with van der Waals surface area (Å²) < 4.78 is 87.2. The minimum absolute atomic E-state index is 1.12. The average Bonchev–Trinajstić information content (AvgIpc) is 2.12. The van der Waals surface area contributed by atoms with E-state index in [4.69, 9.17) is 11.6 Å². The molecule has 17 heavy (non-hydrogen) atoms. The van der Waals surface area contributed by atoms with Crippen LogP contribution in [0, 0.1) is 23.3 Å². The molecule has 0 heterocycles. The van der Waals surface area contributed by atoms with E-state index < -0.39 is 44.9 Å². The van der Waals surface area contributed by atoms with E-state index in [1.807, 2.05) is 0 Å². The van der Waals surface area contributed by atoms with E-state index in [1.165, 1.54) is 0 Å². The molecule has 1 aromatic carbocycles. The minimum atomic E-state index is -5.58. The van der Waals surface area contributed by atoms with Crippen LogP contribution in [0.1, 0.15) is 11.1 Å². The van der Waals surface area contributed by atoms with Gasteiger partial charge in [0.1, 0.15) is 9.89 Å². The summed E-state index contributed by atoms with van der Waals surface area (Å²) in [6.07, 6.45) is -5.58. The highest BCUT2D eigenvalue weighted by Gasteiger charge is 2.42. The third kappa shape index (κ3) is 2.37. The Bertz CT molecular complexity index is 465. The molecule has 0 nitrogen and oxygen atoms in total. The van der Waals surface area contributed by atoms with Crippen LogP contribution in [-0.4, -0.2) is 4.32 Å². The highest BCUT2D eigenvalue weighted by Crippen LogP contribution is 2.37. The second-order valence-corrected chi connectivity index (χ2v) is 3.79. The molecular formula is C8ClF7S. The first-order valence-electron chi connectivity index (χ1n) is 3.72. The van der Waals surface area contributed by atoms with E-state index in [1.54, 1.807) is 0 Å². The van der Waals surface area contributed by atoms with Gasteiger partial charge in [-0.05, 0) is 0 Å². The van der Waals surface area contributed by atoms with Crippen molar-refractivity contribution in [3.63, 3.8) is 0 Å². The zero-order valence-electron chi connectivity index (χ0n) is 7.43. The van der Waals surface area contributed by atoms with E-state index in [2.05, 4.69) is 12.2 Å². The monoisotopic (exact) mass is 296 g/mol. The quantitative estimate of drug-likeness (QED) is 0.324. The molecule has 0 aliphatic carbocycles. The third-order valence-electron chi connectivity index (χ3n) is 1.74. The molecule has 1 rings (SSSR count). The van der Waals surface area contributed by atoms with Crippen molar-refractivity contribution in [2.24, 2.45) is 0 Å². The van der Waals surface area contributed by atoms with Gasteiger partial charge < -0.3 is 0 Å².